The Morgan fingerprint density at radius 3 is 3.11 bits per heavy atom. The Morgan fingerprint density at radius 2 is 2.44 bits per heavy atom. The Bertz CT molecular complexity index is 394. The number of halogens is 1. The van der Waals surface area contributed by atoms with Crippen LogP contribution in [0.3, 0.4) is 0 Å². The van der Waals surface area contributed by atoms with Crippen LogP contribution in [0.4, 0.5) is 10.2 Å². The van der Waals surface area contributed by atoms with Crippen molar-refractivity contribution in [3.8, 4) is 0 Å². The topological polar surface area (TPSA) is 28.2 Å². The number of hydrogen-bond donors (Lipinski definition) is 1. The summed E-state index contributed by atoms with van der Waals surface area (Å²) in [5, 5.41) is 3.15. The maximum Gasteiger partial charge on any atom is 0.170 e. The summed E-state index contributed by atoms with van der Waals surface area (Å²) in [5.74, 6) is 2.53. The first-order chi connectivity index (χ1) is 8.74. The highest BCUT2D eigenvalue weighted by Crippen LogP contribution is 2.27. The van der Waals surface area contributed by atoms with Crippen LogP contribution in [0.1, 0.15) is 18.9 Å². The van der Waals surface area contributed by atoms with Crippen molar-refractivity contribution in [2.75, 3.05) is 30.0 Å². The lowest BCUT2D eigenvalue weighted by atomic mass is 10.2. The van der Waals surface area contributed by atoms with Crippen molar-refractivity contribution in [1.29, 1.82) is 0 Å². The molecular formula is C13H20FN3S. The maximum atomic E-state index is 14.3. The number of rotatable bonds is 5. The molecule has 0 saturated carbocycles. The van der Waals surface area contributed by atoms with Crippen LogP contribution in [0.2, 0.25) is 0 Å². The van der Waals surface area contributed by atoms with Crippen molar-refractivity contribution in [3.63, 3.8) is 0 Å². The van der Waals surface area contributed by atoms with Crippen LogP contribution in [-0.4, -0.2) is 36.1 Å². The molecule has 1 N–H and O–H groups in total. The van der Waals surface area contributed by atoms with E-state index in [1.165, 1.54) is 0 Å². The zero-order valence-corrected chi connectivity index (χ0v) is 11.8. The predicted molar refractivity (Wildman–Crippen MR) is 75.7 cm³/mol. The molecule has 0 aromatic carbocycles. The number of anilines is 1. The fourth-order valence-corrected chi connectivity index (χ4v) is 3.38. The monoisotopic (exact) mass is 269 g/mol. The summed E-state index contributed by atoms with van der Waals surface area (Å²) < 4.78 is 14.3. The standard InChI is InChI=1S/C13H20FN3S/c1-3-15-8-10-4-6-16-13(12(10)14)17(2)11-5-7-18-9-11/h4,6,11,15H,3,5,7-9H2,1-2H3. The summed E-state index contributed by atoms with van der Waals surface area (Å²) in [6.07, 6.45) is 2.81. The van der Waals surface area contributed by atoms with E-state index < -0.39 is 0 Å². The van der Waals surface area contributed by atoms with Gasteiger partial charge in [-0.1, -0.05) is 6.92 Å². The first-order valence-corrected chi connectivity index (χ1v) is 7.54. The lowest BCUT2D eigenvalue weighted by Gasteiger charge is -2.25. The molecular weight excluding hydrogens is 249 g/mol. The number of thioether (sulfide) groups is 1. The van der Waals surface area contributed by atoms with Crippen molar-refractivity contribution in [2.24, 2.45) is 0 Å². The molecule has 100 valence electrons. The molecule has 1 aliphatic heterocycles. The first-order valence-electron chi connectivity index (χ1n) is 6.38. The summed E-state index contributed by atoms with van der Waals surface area (Å²) in [7, 11) is 1.94. The van der Waals surface area contributed by atoms with Crippen LogP contribution in [0.25, 0.3) is 0 Å². The number of nitrogens with zero attached hydrogens (tertiary/aromatic N) is 2. The van der Waals surface area contributed by atoms with Gasteiger partial charge in [0, 0.05) is 37.1 Å². The average Bonchev–Trinajstić information content (AvgIpc) is 2.91. The van der Waals surface area contributed by atoms with Crippen molar-refractivity contribution in [1.82, 2.24) is 10.3 Å². The van der Waals surface area contributed by atoms with Gasteiger partial charge in [-0.25, -0.2) is 9.37 Å². The Labute approximate surface area is 112 Å². The second kappa shape index (κ2) is 6.38. The van der Waals surface area contributed by atoms with Gasteiger partial charge in [-0.2, -0.15) is 11.8 Å². The molecule has 1 saturated heterocycles. The van der Waals surface area contributed by atoms with Gasteiger partial charge in [-0.3, -0.25) is 0 Å². The molecule has 0 bridgehead atoms. The third-order valence-electron chi connectivity index (χ3n) is 3.30. The number of nitrogens with one attached hydrogen (secondary N) is 1. The lowest BCUT2D eigenvalue weighted by molar-refractivity contribution is 0.572. The van der Waals surface area contributed by atoms with Gasteiger partial charge in [0.1, 0.15) is 0 Å². The van der Waals surface area contributed by atoms with Crippen molar-refractivity contribution < 1.29 is 4.39 Å². The highest BCUT2D eigenvalue weighted by atomic mass is 32.2. The van der Waals surface area contributed by atoms with E-state index in [1.807, 2.05) is 30.6 Å². The highest BCUT2D eigenvalue weighted by Gasteiger charge is 2.23. The average molecular weight is 269 g/mol. The van der Waals surface area contributed by atoms with E-state index >= 15 is 0 Å². The Hall–Kier alpha value is -0.810. The van der Waals surface area contributed by atoms with E-state index in [9.17, 15) is 4.39 Å². The van der Waals surface area contributed by atoms with E-state index in [0.717, 1.165) is 24.5 Å². The van der Waals surface area contributed by atoms with Gasteiger partial charge in [-0.05, 0) is 24.8 Å². The number of hydrogen-bond acceptors (Lipinski definition) is 4. The zero-order chi connectivity index (χ0) is 13.0. The molecule has 5 heteroatoms. The molecule has 1 fully saturated rings. The van der Waals surface area contributed by atoms with Crippen LogP contribution >= 0.6 is 11.8 Å². The molecule has 3 nitrogen and oxygen atoms in total. The molecule has 18 heavy (non-hydrogen) atoms. The van der Waals surface area contributed by atoms with Crippen LogP contribution in [0.5, 0.6) is 0 Å². The van der Waals surface area contributed by atoms with E-state index in [-0.39, 0.29) is 5.82 Å². The van der Waals surface area contributed by atoms with Crippen molar-refractivity contribution >= 4 is 17.6 Å². The lowest BCUT2D eigenvalue weighted by Crippen LogP contribution is -2.33. The second-order valence-corrected chi connectivity index (χ2v) is 5.67. The molecule has 1 unspecified atom stereocenters. The second-order valence-electron chi connectivity index (χ2n) is 4.52. The molecule has 1 aromatic heterocycles. The normalized spacial score (nSPS) is 19.2. The maximum absolute atomic E-state index is 14.3. The molecule has 2 heterocycles. The third-order valence-corrected chi connectivity index (χ3v) is 4.45. The Morgan fingerprint density at radius 1 is 1.61 bits per heavy atom. The fourth-order valence-electron chi connectivity index (χ4n) is 2.11. The summed E-state index contributed by atoms with van der Waals surface area (Å²) in [6, 6.07) is 2.16. The fraction of sp³-hybridized carbons (Fsp3) is 0.615. The molecule has 1 aromatic rings. The van der Waals surface area contributed by atoms with Crippen LogP contribution in [-0.2, 0) is 6.54 Å². The minimum atomic E-state index is -0.183. The first kappa shape index (κ1) is 13.6. The molecule has 0 radical (unpaired) electrons. The quantitative estimate of drug-likeness (QED) is 0.887. The minimum absolute atomic E-state index is 0.183. The summed E-state index contributed by atoms with van der Waals surface area (Å²) in [5.41, 5.74) is 0.694. The van der Waals surface area contributed by atoms with Gasteiger partial charge in [-0.15, -0.1) is 0 Å². The van der Waals surface area contributed by atoms with Gasteiger partial charge in [0.15, 0.2) is 11.6 Å². The van der Waals surface area contributed by atoms with E-state index in [4.69, 9.17) is 0 Å². The van der Waals surface area contributed by atoms with Crippen molar-refractivity contribution in [2.45, 2.75) is 25.9 Å². The van der Waals surface area contributed by atoms with Crippen molar-refractivity contribution in [3.05, 3.63) is 23.6 Å². The van der Waals surface area contributed by atoms with Gasteiger partial charge in [0.05, 0.1) is 0 Å². The van der Waals surface area contributed by atoms with Crippen LogP contribution in [0, 0.1) is 5.82 Å². The van der Waals surface area contributed by atoms with E-state index in [2.05, 4.69) is 10.3 Å². The van der Waals surface area contributed by atoms with Gasteiger partial charge >= 0.3 is 0 Å². The summed E-state index contributed by atoms with van der Waals surface area (Å²) >= 11 is 1.92. The SMILES string of the molecule is CCNCc1ccnc(N(C)C2CCSC2)c1F. The largest absolute Gasteiger partial charge is 0.353 e. The molecule has 0 spiro atoms. The molecule has 0 aliphatic carbocycles. The van der Waals surface area contributed by atoms with Crippen LogP contribution < -0.4 is 10.2 Å². The smallest absolute Gasteiger partial charge is 0.170 e. The highest BCUT2D eigenvalue weighted by molar-refractivity contribution is 7.99. The molecule has 1 atom stereocenters. The van der Waals surface area contributed by atoms with Gasteiger partial charge in [0.2, 0.25) is 0 Å². The number of aromatic nitrogens is 1. The van der Waals surface area contributed by atoms with E-state index in [1.54, 1.807) is 12.3 Å². The minimum Gasteiger partial charge on any atom is -0.353 e. The van der Waals surface area contributed by atoms with E-state index in [0.29, 0.717) is 24.0 Å². The summed E-state index contributed by atoms with van der Waals surface area (Å²) in [6.45, 7) is 3.42. The predicted octanol–water partition coefficient (Wildman–Crippen LogP) is 2.27. The Kier molecular flexibility index (Phi) is 4.83. The summed E-state index contributed by atoms with van der Waals surface area (Å²) in [4.78, 5) is 6.20. The van der Waals surface area contributed by atoms with Gasteiger partial charge < -0.3 is 10.2 Å². The third kappa shape index (κ3) is 2.95. The zero-order valence-electron chi connectivity index (χ0n) is 10.9. The molecule has 2 rings (SSSR count). The van der Waals surface area contributed by atoms with Crippen LogP contribution in [0.15, 0.2) is 12.3 Å². The molecule has 0 amide bonds. The molecule has 1 aliphatic rings. The van der Waals surface area contributed by atoms with Gasteiger partial charge in [0.25, 0.3) is 0 Å². The number of pyridine rings is 1. The Balaban J connectivity index is 2.16.